The maximum atomic E-state index is 9.75. The van der Waals surface area contributed by atoms with E-state index in [0.717, 1.165) is 24.5 Å². The smallest absolute Gasteiger partial charge is 0.263 e. The van der Waals surface area contributed by atoms with E-state index in [2.05, 4.69) is 20.3 Å². The van der Waals surface area contributed by atoms with Gasteiger partial charge in [-0.2, -0.15) is 0 Å². The van der Waals surface area contributed by atoms with Crippen molar-refractivity contribution in [3.05, 3.63) is 61.1 Å². The van der Waals surface area contributed by atoms with Crippen LogP contribution in [0.4, 0.5) is 17.3 Å². The minimum Gasteiger partial charge on any atom is -0.436 e. The van der Waals surface area contributed by atoms with Gasteiger partial charge in [0.2, 0.25) is 0 Å². The van der Waals surface area contributed by atoms with Crippen LogP contribution in [0.3, 0.4) is 0 Å². The molecular formula is C19H19N5O2. The molecule has 0 saturated carbocycles. The van der Waals surface area contributed by atoms with Crippen LogP contribution in [0.2, 0.25) is 0 Å². The maximum Gasteiger partial charge on any atom is 0.263 e. The Labute approximate surface area is 151 Å². The Morgan fingerprint density at radius 2 is 1.85 bits per heavy atom. The van der Waals surface area contributed by atoms with Gasteiger partial charge in [-0.15, -0.1) is 0 Å². The maximum absolute atomic E-state index is 9.75. The molecular weight excluding hydrogens is 330 g/mol. The predicted molar refractivity (Wildman–Crippen MR) is 98.9 cm³/mol. The molecule has 7 heteroatoms. The number of nitrogens with zero attached hydrogens (tertiary/aromatic N) is 4. The van der Waals surface area contributed by atoms with E-state index in [1.165, 1.54) is 0 Å². The number of hydrogen-bond donors (Lipinski definition) is 2. The largest absolute Gasteiger partial charge is 0.436 e. The molecule has 132 valence electrons. The van der Waals surface area contributed by atoms with Gasteiger partial charge in [-0.05, 0) is 42.8 Å². The summed E-state index contributed by atoms with van der Waals surface area (Å²) in [5, 5.41) is 13.0. The first-order chi connectivity index (χ1) is 12.8. The third kappa shape index (κ3) is 3.73. The summed E-state index contributed by atoms with van der Waals surface area (Å²) in [6.07, 6.45) is 5.37. The van der Waals surface area contributed by atoms with Gasteiger partial charge in [-0.1, -0.05) is 6.07 Å². The minimum atomic E-state index is -0.332. The number of hydrogen-bond acceptors (Lipinski definition) is 7. The van der Waals surface area contributed by atoms with Gasteiger partial charge in [0.25, 0.3) is 5.88 Å². The summed E-state index contributed by atoms with van der Waals surface area (Å²) in [5.41, 5.74) is 0.915. The Morgan fingerprint density at radius 1 is 1.00 bits per heavy atom. The highest BCUT2D eigenvalue weighted by Gasteiger charge is 2.24. The lowest BCUT2D eigenvalue weighted by molar-refractivity contribution is 0.198. The van der Waals surface area contributed by atoms with E-state index < -0.39 is 0 Å². The van der Waals surface area contributed by atoms with Crippen molar-refractivity contribution in [1.29, 1.82) is 0 Å². The van der Waals surface area contributed by atoms with Crippen LogP contribution in [0.1, 0.15) is 6.42 Å². The molecule has 0 amide bonds. The van der Waals surface area contributed by atoms with E-state index in [4.69, 9.17) is 4.74 Å². The summed E-state index contributed by atoms with van der Waals surface area (Å²) in [6, 6.07) is 13.3. The number of pyridine rings is 1. The van der Waals surface area contributed by atoms with Gasteiger partial charge in [-0.25, -0.2) is 15.0 Å². The second kappa shape index (κ2) is 7.37. The van der Waals surface area contributed by atoms with Crippen molar-refractivity contribution in [2.45, 2.75) is 12.5 Å². The van der Waals surface area contributed by atoms with Crippen molar-refractivity contribution < 1.29 is 9.84 Å². The molecule has 0 bridgehead atoms. The summed E-state index contributed by atoms with van der Waals surface area (Å²) in [5.74, 6) is 2.54. The lowest BCUT2D eigenvalue weighted by atomic mass is 10.3. The molecule has 3 aromatic rings. The molecule has 2 N–H and O–H groups in total. The Morgan fingerprint density at radius 3 is 2.58 bits per heavy atom. The molecule has 7 nitrogen and oxygen atoms in total. The summed E-state index contributed by atoms with van der Waals surface area (Å²) in [4.78, 5) is 14.9. The number of aromatic nitrogens is 3. The number of anilines is 3. The topological polar surface area (TPSA) is 83.4 Å². The van der Waals surface area contributed by atoms with E-state index in [1.54, 1.807) is 18.6 Å². The first-order valence-corrected chi connectivity index (χ1v) is 8.48. The zero-order valence-corrected chi connectivity index (χ0v) is 14.1. The van der Waals surface area contributed by atoms with Gasteiger partial charge in [-0.3, -0.25) is 0 Å². The first-order valence-electron chi connectivity index (χ1n) is 8.48. The second-order valence-electron chi connectivity index (χ2n) is 6.04. The Kier molecular flexibility index (Phi) is 4.61. The lowest BCUT2D eigenvalue weighted by Crippen LogP contribution is -2.23. The number of β-amino-alcohol motifs (C(OH)–C–C–N with tert-alkyl or cyclic N) is 1. The van der Waals surface area contributed by atoms with Gasteiger partial charge >= 0.3 is 0 Å². The van der Waals surface area contributed by atoms with E-state index in [-0.39, 0.29) is 6.10 Å². The number of aliphatic hydroxyl groups excluding tert-OH is 1. The van der Waals surface area contributed by atoms with Crippen LogP contribution < -0.4 is 15.0 Å². The van der Waals surface area contributed by atoms with E-state index in [0.29, 0.717) is 24.0 Å². The molecule has 0 radical (unpaired) electrons. The molecule has 0 aliphatic carbocycles. The fourth-order valence-electron chi connectivity index (χ4n) is 2.84. The number of ether oxygens (including phenoxy) is 1. The summed E-state index contributed by atoms with van der Waals surface area (Å²) < 4.78 is 5.92. The Balaban J connectivity index is 1.48. The van der Waals surface area contributed by atoms with Crippen molar-refractivity contribution in [2.75, 3.05) is 23.3 Å². The van der Waals surface area contributed by atoms with Gasteiger partial charge < -0.3 is 20.1 Å². The van der Waals surface area contributed by atoms with Crippen LogP contribution in [0.15, 0.2) is 61.1 Å². The molecule has 0 spiro atoms. The first kappa shape index (κ1) is 16.3. The fraction of sp³-hybridized carbons (Fsp3) is 0.211. The monoisotopic (exact) mass is 349 g/mol. The number of nitrogens with one attached hydrogen (secondary N) is 1. The molecule has 1 saturated heterocycles. The highest BCUT2D eigenvalue weighted by molar-refractivity contribution is 5.57. The fourth-order valence-corrected chi connectivity index (χ4v) is 2.84. The Bertz CT molecular complexity index is 857. The number of aliphatic hydroxyl groups is 1. The average Bonchev–Trinajstić information content (AvgIpc) is 3.11. The highest BCUT2D eigenvalue weighted by Crippen LogP contribution is 2.30. The molecule has 2 aromatic heterocycles. The summed E-state index contributed by atoms with van der Waals surface area (Å²) in [6.45, 7) is 1.28. The van der Waals surface area contributed by atoms with Gasteiger partial charge in [0.05, 0.1) is 6.10 Å². The average molecular weight is 349 g/mol. The zero-order chi connectivity index (χ0) is 17.8. The standard InChI is InChI=1S/C19H19N5O2/c25-15-8-12-24(13-15)18-19(22-11-10-21-18)26-16-6-4-14(5-7-16)23-17-3-1-2-9-20-17/h1-7,9-11,15,25H,8,12-13H2,(H,20,23)/t15-/m1/s1. The number of benzene rings is 1. The second-order valence-corrected chi connectivity index (χ2v) is 6.04. The van der Waals surface area contributed by atoms with Gasteiger partial charge in [0, 0.05) is 37.4 Å². The molecule has 1 atom stereocenters. The quantitative estimate of drug-likeness (QED) is 0.732. The molecule has 3 heterocycles. The van der Waals surface area contributed by atoms with E-state index in [1.807, 2.05) is 47.4 Å². The van der Waals surface area contributed by atoms with Crippen molar-refractivity contribution in [3.8, 4) is 11.6 Å². The van der Waals surface area contributed by atoms with Crippen LogP contribution in [-0.4, -0.2) is 39.3 Å². The van der Waals surface area contributed by atoms with Crippen molar-refractivity contribution in [3.63, 3.8) is 0 Å². The van der Waals surface area contributed by atoms with E-state index >= 15 is 0 Å². The third-order valence-corrected chi connectivity index (χ3v) is 4.12. The van der Waals surface area contributed by atoms with Crippen LogP contribution in [0.5, 0.6) is 11.6 Å². The van der Waals surface area contributed by atoms with Crippen LogP contribution in [-0.2, 0) is 0 Å². The molecule has 0 unspecified atom stereocenters. The van der Waals surface area contributed by atoms with Crippen LogP contribution in [0, 0.1) is 0 Å². The van der Waals surface area contributed by atoms with Gasteiger partial charge in [0.1, 0.15) is 11.6 Å². The molecule has 1 fully saturated rings. The lowest BCUT2D eigenvalue weighted by Gasteiger charge is -2.18. The third-order valence-electron chi connectivity index (χ3n) is 4.12. The van der Waals surface area contributed by atoms with Crippen molar-refractivity contribution in [2.24, 2.45) is 0 Å². The minimum absolute atomic E-state index is 0.332. The normalized spacial score (nSPS) is 16.5. The predicted octanol–water partition coefficient (Wildman–Crippen LogP) is 2.98. The summed E-state index contributed by atoms with van der Waals surface area (Å²) >= 11 is 0. The van der Waals surface area contributed by atoms with Crippen molar-refractivity contribution >= 4 is 17.3 Å². The molecule has 1 aliphatic heterocycles. The van der Waals surface area contributed by atoms with Gasteiger partial charge in [0.15, 0.2) is 5.82 Å². The van der Waals surface area contributed by atoms with Crippen LogP contribution >= 0.6 is 0 Å². The molecule has 4 rings (SSSR count). The number of rotatable bonds is 5. The Hall–Kier alpha value is -3.19. The van der Waals surface area contributed by atoms with Crippen molar-refractivity contribution in [1.82, 2.24) is 15.0 Å². The zero-order valence-electron chi connectivity index (χ0n) is 14.1. The molecule has 1 aromatic carbocycles. The molecule has 26 heavy (non-hydrogen) atoms. The SMILES string of the molecule is O[C@@H]1CCN(c2nccnc2Oc2ccc(Nc3ccccn3)cc2)C1. The van der Waals surface area contributed by atoms with Crippen LogP contribution in [0.25, 0.3) is 0 Å². The summed E-state index contributed by atoms with van der Waals surface area (Å²) in [7, 11) is 0. The van der Waals surface area contributed by atoms with E-state index in [9.17, 15) is 5.11 Å². The molecule has 1 aliphatic rings. The highest BCUT2D eigenvalue weighted by atomic mass is 16.5.